The summed E-state index contributed by atoms with van der Waals surface area (Å²) in [7, 11) is 0. The van der Waals surface area contributed by atoms with Gasteiger partial charge in [0.25, 0.3) is 5.91 Å². The largest absolute Gasteiger partial charge is 0.372 e. The second-order valence-electron chi connectivity index (χ2n) is 7.23. The quantitative estimate of drug-likeness (QED) is 0.240. The molecule has 1 aliphatic heterocycles. The highest BCUT2D eigenvalue weighted by Crippen LogP contribution is 2.37. The monoisotopic (exact) mass is 445 g/mol. The number of benzene rings is 2. The van der Waals surface area contributed by atoms with E-state index >= 15 is 0 Å². The smallest absolute Gasteiger partial charge is 0.277 e. The Bertz CT molecular complexity index is 1070. The van der Waals surface area contributed by atoms with Crippen molar-refractivity contribution in [3.8, 4) is 0 Å². The Balaban J connectivity index is 0.00000385. The molecule has 0 radical (unpaired) electrons. The van der Waals surface area contributed by atoms with Crippen LogP contribution in [-0.2, 0) is 4.79 Å². The van der Waals surface area contributed by atoms with Crippen molar-refractivity contribution < 1.29 is 4.79 Å². The van der Waals surface area contributed by atoms with E-state index in [9.17, 15) is 4.79 Å². The molecule has 2 aromatic carbocycles. The number of guanidine groups is 1. The van der Waals surface area contributed by atoms with Gasteiger partial charge in [-0.1, -0.05) is 62.6 Å². The number of rotatable bonds is 8. The Morgan fingerprint density at radius 3 is 2.15 bits per heavy atom. The molecule has 0 saturated carbocycles. The first-order valence-electron chi connectivity index (χ1n) is 10.2. The minimum Gasteiger partial charge on any atom is -0.372 e. The van der Waals surface area contributed by atoms with Gasteiger partial charge in [-0.25, -0.2) is 0 Å². The van der Waals surface area contributed by atoms with Crippen LogP contribution in [0.25, 0.3) is 12.2 Å². The van der Waals surface area contributed by atoms with Crippen molar-refractivity contribution in [3.63, 3.8) is 0 Å². The number of hydrogen-bond acceptors (Lipinski definition) is 6. The van der Waals surface area contributed by atoms with Gasteiger partial charge in [-0.05, 0) is 36.6 Å². The summed E-state index contributed by atoms with van der Waals surface area (Å²) in [4.78, 5) is 17.9. The van der Waals surface area contributed by atoms with E-state index in [4.69, 9.17) is 16.6 Å². The molecule has 1 heterocycles. The van der Waals surface area contributed by atoms with Crippen molar-refractivity contribution in [1.82, 2.24) is 10.6 Å². The van der Waals surface area contributed by atoms with Gasteiger partial charge in [-0.3, -0.25) is 25.4 Å². The Kier molecular flexibility index (Phi) is 8.68. The van der Waals surface area contributed by atoms with Gasteiger partial charge in [0.2, 0.25) is 0 Å². The molecule has 0 atom stereocenters. The Morgan fingerprint density at radius 1 is 1.06 bits per heavy atom. The number of hydrogen-bond donors (Lipinski definition) is 5. The van der Waals surface area contributed by atoms with E-state index in [2.05, 4.69) is 63.5 Å². The van der Waals surface area contributed by atoms with Gasteiger partial charge in [0.15, 0.2) is 5.96 Å². The molecule has 0 fully saturated rings. The van der Waals surface area contributed by atoms with Crippen molar-refractivity contribution in [2.24, 2.45) is 10.7 Å². The van der Waals surface area contributed by atoms with Crippen molar-refractivity contribution in [3.05, 3.63) is 72.1 Å². The van der Waals surface area contributed by atoms with Crippen LogP contribution in [0.1, 0.15) is 31.9 Å². The summed E-state index contributed by atoms with van der Waals surface area (Å²) in [5.74, 6) is -0.0626. The van der Waals surface area contributed by atoms with E-state index in [1.54, 1.807) is 0 Å². The van der Waals surface area contributed by atoms with E-state index in [1.165, 1.54) is 6.92 Å². The third kappa shape index (κ3) is 6.16. The second kappa shape index (κ2) is 11.4. The molecule has 8 nitrogen and oxygen atoms in total. The van der Waals surface area contributed by atoms with Crippen LogP contribution in [0.4, 0.5) is 11.4 Å². The van der Waals surface area contributed by atoms with Crippen molar-refractivity contribution >= 4 is 46.8 Å². The summed E-state index contributed by atoms with van der Waals surface area (Å²) in [6.45, 7) is 6.61. The molecule has 0 bridgehead atoms. The van der Waals surface area contributed by atoms with Crippen LogP contribution in [0.15, 0.2) is 65.9 Å². The lowest BCUT2D eigenvalue weighted by Gasteiger charge is -2.29. The highest BCUT2D eigenvalue weighted by molar-refractivity contribution is 6.65. The van der Waals surface area contributed by atoms with Gasteiger partial charge in [0, 0.05) is 13.1 Å². The number of fused-ring (bicyclic) bond motifs is 2. The number of amides is 1. The summed E-state index contributed by atoms with van der Waals surface area (Å²) >= 11 is 0. The summed E-state index contributed by atoms with van der Waals surface area (Å²) < 4.78 is 0. The molecule has 0 spiro atoms. The zero-order chi connectivity index (χ0) is 23.1. The lowest BCUT2D eigenvalue weighted by molar-refractivity contribution is -0.113. The van der Waals surface area contributed by atoms with Crippen molar-refractivity contribution in [1.29, 1.82) is 10.8 Å². The van der Waals surface area contributed by atoms with E-state index in [0.717, 1.165) is 28.3 Å². The molecule has 172 valence electrons. The van der Waals surface area contributed by atoms with Crippen LogP contribution < -0.4 is 21.3 Å². The van der Waals surface area contributed by atoms with Gasteiger partial charge in [-0.15, -0.1) is 0 Å². The molecular weight excluding hydrogens is 414 g/mol. The van der Waals surface area contributed by atoms with E-state index in [1.807, 2.05) is 24.3 Å². The molecule has 8 heteroatoms. The molecule has 0 aromatic heterocycles. The van der Waals surface area contributed by atoms with Crippen LogP contribution in [0.2, 0.25) is 0 Å². The van der Waals surface area contributed by atoms with Crippen LogP contribution in [0.5, 0.6) is 0 Å². The molecule has 6 N–H and O–H groups in total. The third-order valence-corrected chi connectivity index (χ3v) is 4.86. The maximum Gasteiger partial charge on any atom is 0.277 e. The lowest BCUT2D eigenvalue weighted by atomic mass is 10.1. The molecule has 33 heavy (non-hydrogen) atoms. The number of aliphatic imine (C=N–C) groups is 1. The summed E-state index contributed by atoms with van der Waals surface area (Å²) in [6, 6.07) is 16.3. The third-order valence-electron chi connectivity index (χ3n) is 4.86. The number of carbonyl (C=O) groups is 1. The fourth-order valence-corrected chi connectivity index (χ4v) is 3.24. The lowest BCUT2D eigenvalue weighted by Crippen LogP contribution is -2.42. The standard InChI is InChI=1S/C24H27N7O.CH4/c1-16(25)22(26)23(32)30-24(27)29-15-7-14-28-17(2)31-20-10-5-3-8-18(20)12-13-19-9-4-6-11-21(19)31;/h3-6,8-13,25-26,28H,2,7,14-15H2,1H3,(H3,27,29,30,32);1H4. The van der Waals surface area contributed by atoms with E-state index < -0.39 is 11.6 Å². The number of para-hydroxylation sites is 2. The number of anilines is 2. The molecule has 0 aliphatic carbocycles. The van der Waals surface area contributed by atoms with Crippen LogP contribution >= 0.6 is 0 Å². The van der Waals surface area contributed by atoms with Crippen molar-refractivity contribution in [2.45, 2.75) is 20.8 Å². The molecule has 0 unspecified atom stereocenters. The van der Waals surface area contributed by atoms with E-state index in [-0.39, 0.29) is 19.1 Å². The summed E-state index contributed by atoms with van der Waals surface area (Å²) in [5.41, 5.74) is 9.41. The molecule has 0 saturated heterocycles. The van der Waals surface area contributed by atoms with Gasteiger partial charge in [0.05, 0.1) is 17.1 Å². The highest BCUT2D eigenvalue weighted by Gasteiger charge is 2.19. The number of nitrogens with one attached hydrogen (secondary N) is 4. The Morgan fingerprint density at radius 2 is 1.61 bits per heavy atom. The summed E-state index contributed by atoms with van der Waals surface area (Å²) in [5, 5.41) is 20.4. The first kappa shape index (κ1) is 25.1. The van der Waals surface area contributed by atoms with Gasteiger partial charge >= 0.3 is 0 Å². The maximum absolute atomic E-state index is 11.7. The summed E-state index contributed by atoms with van der Waals surface area (Å²) in [6.07, 6.45) is 4.87. The molecule has 1 aliphatic rings. The molecular formula is C25H31N7O. The first-order chi connectivity index (χ1) is 15.4. The van der Waals surface area contributed by atoms with Crippen LogP contribution in [-0.4, -0.2) is 36.4 Å². The fourth-order valence-electron chi connectivity index (χ4n) is 3.24. The first-order valence-corrected chi connectivity index (χ1v) is 10.2. The number of carbonyl (C=O) groups excluding carboxylic acids is 1. The van der Waals surface area contributed by atoms with Gasteiger partial charge in [0.1, 0.15) is 11.5 Å². The average Bonchev–Trinajstić information content (AvgIpc) is 2.95. The zero-order valence-electron chi connectivity index (χ0n) is 18.0. The maximum atomic E-state index is 11.7. The Hall–Kier alpha value is -4.20. The second-order valence-corrected chi connectivity index (χ2v) is 7.23. The van der Waals surface area contributed by atoms with Gasteiger partial charge in [-0.2, -0.15) is 0 Å². The van der Waals surface area contributed by atoms with Gasteiger partial charge < -0.3 is 16.5 Å². The van der Waals surface area contributed by atoms with Crippen LogP contribution in [0.3, 0.4) is 0 Å². The predicted octanol–water partition coefficient (Wildman–Crippen LogP) is 3.89. The molecule has 1 amide bonds. The normalized spacial score (nSPS) is 11.9. The Labute approximate surface area is 194 Å². The van der Waals surface area contributed by atoms with Crippen LogP contribution in [0, 0.1) is 10.8 Å². The zero-order valence-corrected chi connectivity index (χ0v) is 18.0. The highest BCUT2D eigenvalue weighted by atomic mass is 16.2. The molecule has 2 aromatic rings. The SMILES string of the molecule is C.C=C(NCCCN=C(N)NC(=O)C(=N)C(C)=N)N1c2ccccc2C=Cc2ccccc21. The van der Waals surface area contributed by atoms with Crippen molar-refractivity contribution in [2.75, 3.05) is 18.0 Å². The average molecular weight is 446 g/mol. The minimum atomic E-state index is -0.739. The predicted molar refractivity (Wildman–Crippen MR) is 138 cm³/mol. The topological polar surface area (TPSA) is 130 Å². The fraction of sp³-hybridized carbons (Fsp3) is 0.200. The van der Waals surface area contributed by atoms with E-state index in [0.29, 0.717) is 19.5 Å². The number of nitrogens with zero attached hydrogens (tertiary/aromatic N) is 2. The number of nitrogens with two attached hydrogens (primary N) is 1. The molecule has 3 rings (SSSR count). The minimum absolute atomic E-state index is 0.